The van der Waals surface area contributed by atoms with Crippen molar-refractivity contribution in [1.29, 1.82) is 0 Å². The molecule has 15 rings (SSSR count). The van der Waals surface area contributed by atoms with Crippen LogP contribution in [-0.4, -0.2) is 18.3 Å². The van der Waals surface area contributed by atoms with Crippen LogP contribution < -0.4 is 0 Å². The van der Waals surface area contributed by atoms with Gasteiger partial charge in [0.1, 0.15) is 0 Å². The molecule has 0 spiro atoms. The molecule has 4 heterocycles. The van der Waals surface area contributed by atoms with E-state index < -0.39 is 23.5 Å². The molecule has 11 heteroatoms. The zero-order valence-corrected chi connectivity index (χ0v) is 42.0. The van der Waals surface area contributed by atoms with Crippen molar-refractivity contribution in [1.82, 2.24) is 18.3 Å². The quantitative estimate of drug-likeness (QED) is 0.117. The predicted molar refractivity (Wildman–Crippen MR) is 311 cm³/mol. The molecule has 0 saturated carbocycles. The summed E-state index contributed by atoms with van der Waals surface area (Å²) in [5.74, 6) is 0. The van der Waals surface area contributed by atoms with Crippen molar-refractivity contribution in [3.63, 3.8) is 0 Å². The highest BCUT2D eigenvalue weighted by atomic mass is 19.4. The van der Waals surface area contributed by atoms with Crippen molar-refractivity contribution in [3.8, 4) is 45.0 Å². The maximum atomic E-state index is 14.7. The average Bonchev–Trinajstić information content (AvgIpc) is 4.39. The van der Waals surface area contributed by atoms with Crippen LogP contribution in [0.4, 0.5) is 32.0 Å². The van der Waals surface area contributed by atoms with Crippen molar-refractivity contribution in [2.45, 2.75) is 12.4 Å². The summed E-state index contributed by atoms with van der Waals surface area (Å²) < 4.78 is 96.8. The first-order chi connectivity index (χ1) is 38.9. The van der Waals surface area contributed by atoms with Crippen LogP contribution in [0, 0.1) is 6.57 Å². The Balaban J connectivity index is 1.08. The SMILES string of the molecule is [C-]#[N+]c1ccc(-c2cc(-c3cc(C(F)(F)F)cc(C(F)(F)F)c3)ccc2-n2c3ccccc3c3cc4c5ccccc5n(-c5ccccc5)c4cc32)c(-n2c3ccccc3c3cc4c5ccccc5n(-c5ccccc5)c4cc32)c1. The summed E-state index contributed by atoms with van der Waals surface area (Å²) in [5, 5.41) is 7.96. The number of para-hydroxylation sites is 6. The minimum absolute atomic E-state index is 0.129. The van der Waals surface area contributed by atoms with Crippen molar-refractivity contribution >= 4 is 92.9 Å². The van der Waals surface area contributed by atoms with Gasteiger partial charge >= 0.3 is 12.4 Å². The van der Waals surface area contributed by atoms with Crippen LogP contribution in [0.15, 0.2) is 237 Å². The van der Waals surface area contributed by atoms with Crippen LogP contribution >= 0.6 is 0 Å². The Hall–Kier alpha value is -10.3. The minimum Gasteiger partial charge on any atom is -0.310 e. The van der Waals surface area contributed by atoms with E-state index in [0.717, 1.165) is 111 Å². The van der Waals surface area contributed by atoms with E-state index in [-0.39, 0.29) is 17.2 Å². The molecular weight excluding hydrogens is 1010 g/mol. The first kappa shape index (κ1) is 46.9. The van der Waals surface area contributed by atoms with Gasteiger partial charge in [-0.25, -0.2) is 4.85 Å². The van der Waals surface area contributed by atoms with Crippen molar-refractivity contribution in [2.24, 2.45) is 0 Å². The van der Waals surface area contributed by atoms with Gasteiger partial charge in [-0.05, 0) is 120 Å². The van der Waals surface area contributed by atoms with Gasteiger partial charge in [0.2, 0.25) is 0 Å². The lowest BCUT2D eigenvalue weighted by Crippen LogP contribution is -2.11. The van der Waals surface area contributed by atoms with E-state index in [4.69, 9.17) is 6.57 Å². The lowest BCUT2D eigenvalue weighted by Gasteiger charge is -2.21. The second-order valence-electron chi connectivity index (χ2n) is 20.2. The third-order valence-corrected chi connectivity index (χ3v) is 15.8. The third-order valence-electron chi connectivity index (χ3n) is 15.8. The van der Waals surface area contributed by atoms with E-state index in [9.17, 15) is 26.3 Å². The number of nitrogens with zero attached hydrogens (tertiary/aromatic N) is 5. The summed E-state index contributed by atoms with van der Waals surface area (Å²) in [6.07, 6.45) is -10.2. The van der Waals surface area contributed by atoms with E-state index in [0.29, 0.717) is 28.2 Å². The van der Waals surface area contributed by atoms with E-state index in [2.05, 4.69) is 108 Å². The molecule has 11 aromatic carbocycles. The summed E-state index contributed by atoms with van der Waals surface area (Å²) in [4.78, 5) is 3.95. The molecule has 5 nitrogen and oxygen atoms in total. The monoisotopic (exact) mass is 1050 g/mol. The molecule has 0 unspecified atom stereocenters. The molecule has 0 aliphatic rings. The molecule has 80 heavy (non-hydrogen) atoms. The Labute approximate surface area is 452 Å². The maximum Gasteiger partial charge on any atom is 0.416 e. The summed E-state index contributed by atoms with van der Waals surface area (Å²) in [7, 11) is 0. The first-order valence-electron chi connectivity index (χ1n) is 25.9. The molecule has 0 fully saturated rings. The van der Waals surface area contributed by atoms with E-state index in [1.165, 1.54) is 0 Å². The summed E-state index contributed by atoms with van der Waals surface area (Å²) in [6, 6.07) is 73.8. The molecule has 0 atom stereocenters. The molecule has 15 aromatic rings. The molecule has 4 aromatic heterocycles. The Morgan fingerprint density at radius 1 is 0.287 bits per heavy atom. The molecule has 382 valence electrons. The number of halogens is 6. The zero-order valence-electron chi connectivity index (χ0n) is 42.0. The van der Waals surface area contributed by atoms with Crippen LogP contribution in [0.2, 0.25) is 0 Å². The van der Waals surface area contributed by atoms with E-state index in [1.54, 1.807) is 24.3 Å². The fourth-order valence-corrected chi connectivity index (χ4v) is 12.3. The van der Waals surface area contributed by atoms with Crippen LogP contribution in [-0.2, 0) is 12.4 Å². The predicted octanol–water partition coefficient (Wildman–Crippen LogP) is 20.0. The second-order valence-corrected chi connectivity index (χ2v) is 20.2. The van der Waals surface area contributed by atoms with Crippen LogP contribution in [0.3, 0.4) is 0 Å². The maximum absolute atomic E-state index is 14.7. The van der Waals surface area contributed by atoms with Gasteiger partial charge in [0.25, 0.3) is 0 Å². The number of hydrogen-bond acceptors (Lipinski definition) is 0. The van der Waals surface area contributed by atoms with Gasteiger partial charge in [-0.3, -0.25) is 0 Å². The summed E-state index contributed by atoms with van der Waals surface area (Å²) >= 11 is 0. The summed E-state index contributed by atoms with van der Waals surface area (Å²) in [5.41, 5.74) is 8.74. The molecule has 0 bridgehead atoms. The van der Waals surface area contributed by atoms with E-state index in [1.807, 2.05) is 109 Å². The molecular formula is C69H39F6N5. The lowest BCUT2D eigenvalue weighted by atomic mass is 9.93. The zero-order chi connectivity index (χ0) is 54.2. The fourth-order valence-electron chi connectivity index (χ4n) is 12.3. The number of alkyl halides is 6. The fraction of sp³-hybridized carbons (Fsp3) is 0.0290. The highest BCUT2D eigenvalue weighted by Gasteiger charge is 2.37. The number of fused-ring (bicyclic) bond motifs is 12. The number of hydrogen-bond donors (Lipinski definition) is 0. The standard InChI is InChI=1S/C69H39F6N5/c1-76-45-29-30-52(63(36-45)80-61-27-15-11-23-51(61)57-38-55-49-21-9-13-25-59(49)78(65(55)40-67(57)80)47-18-6-3-7-19-47)53-34-41(42-32-43(68(70,71)72)35-44(33-42)69(73,74)75)28-31-62(53)79-60-26-14-10-22-50(60)56-37-54-48-20-8-12-24-58(48)77(64(54)39-66(56)79)46-16-4-2-5-17-46/h2-40H. The van der Waals surface area contributed by atoms with Gasteiger partial charge in [-0.1, -0.05) is 127 Å². The normalized spacial score (nSPS) is 12.4. The van der Waals surface area contributed by atoms with Crippen LogP contribution in [0.25, 0.3) is 137 Å². The van der Waals surface area contributed by atoms with Crippen molar-refractivity contribution in [3.05, 3.63) is 259 Å². The van der Waals surface area contributed by atoms with Crippen LogP contribution in [0.5, 0.6) is 0 Å². The molecule has 0 aliphatic heterocycles. The lowest BCUT2D eigenvalue weighted by molar-refractivity contribution is -0.143. The van der Waals surface area contributed by atoms with Crippen LogP contribution in [0.1, 0.15) is 11.1 Å². The Morgan fingerprint density at radius 2 is 0.688 bits per heavy atom. The molecule has 0 aliphatic carbocycles. The third kappa shape index (κ3) is 7.12. The smallest absolute Gasteiger partial charge is 0.310 e. The summed E-state index contributed by atoms with van der Waals surface area (Å²) in [6.45, 7) is 8.39. The Bertz CT molecular complexity index is 5070. The minimum atomic E-state index is -5.08. The largest absolute Gasteiger partial charge is 0.416 e. The van der Waals surface area contributed by atoms with Crippen molar-refractivity contribution in [2.75, 3.05) is 0 Å². The average molecular weight is 1050 g/mol. The number of benzene rings is 11. The number of aromatic nitrogens is 4. The molecule has 0 amide bonds. The van der Waals surface area contributed by atoms with Gasteiger partial charge in [-0.2, -0.15) is 26.3 Å². The van der Waals surface area contributed by atoms with Gasteiger partial charge < -0.3 is 18.3 Å². The highest BCUT2D eigenvalue weighted by Crippen LogP contribution is 2.47. The Kier molecular flexibility index (Phi) is 10.2. The molecule has 0 N–H and O–H groups in total. The topological polar surface area (TPSA) is 24.1 Å². The Morgan fingerprint density at radius 3 is 1.12 bits per heavy atom. The highest BCUT2D eigenvalue weighted by molar-refractivity contribution is 6.21. The van der Waals surface area contributed by atoms with Gasteiger partial charge in [0, 0.05) is 71.3 Å². The van der Waals surface area contributed by atoms with E-state index >= 15 is 0 Å². The van der Waals surface area contributed by atoms with Crippen molar-refractivity contribution < 1.29 is 26.3 Å². The van der Waals surface area contributed by atoms with Gasteiger partial charge in [0.05, 0.1) is 67.5 Å². The van der Waals surface area contributed by atoms with Gasteiger partial charge in [-0.15, -0.1) is 0 Å². The number of rotatable bonds is 6. The molecule has 0 saturated heterocycles. The van der Waals surface area contributed by atoms with Gasteiger partial charge in [0.15, 0.2) is 5.69 Å². The molecule has 0 radical (unpaired) electrons. The first-order valence-corrected chi connectivity index (χ1v) is 25.9. The second kappa shape index (κ2) is 17.3.